The summed E-state index contributed by atoms with van der Waals surface area (Å²) in [7, 11) is 0. The Morgan fingerprint density at radius 2 is 1.59 bits per heavy atom. The number of hydrogen-bond acceptors (Lipinski definition) is 7. The number of fused-ring (bicyclic) bond motifs is 2. The summed E-state index contributed by atoms with van der Waals surface area (Å²) in [5.74, 6) is 13.3. The molecule has 4 bridgehead atoms. The van der Waals surface area contributed by atoms with Crippen LogP contribution in [0.1, 0.15) is 141 Å². The fourth-order valence-electron chi connectivity index (χ4n) is 15.1. The van der Waals surface area contributed by atoms with Gasteiger partial charge in [0.25, 0.3) is 0 Å². The molecule has 3 heterocycles. The third kappa shape index (κ3) is 7.88. The summed E-state index contributed by atoms with van der Waals surface area (Å²) < 4.78 is 12.6. The standard InChI is InChI=1S/C57H72O7/c1-39(15-13-20-40-16-7-4-8-17-40)33-44-24-26-46-25-23-42(34-41-18-9-5-10-19-41)36-55(46)30-14-29-53(2)37-47(64-52(55)61)50-54(3,45-21-11-6-12-22-45)31-28-48(58)57(50,51(44)60)56(53,62)32-27-43-35-49(59)63-38-43/h4-5,7-10,16-19,35,39,42,44-48,50-51,58,60,62H,6,11-13,15,20-23,25,27-28,30-34,36-38H2,1-3H3. The van der Waals surface area contributed by atoms with E-state index in [9.17, 15) is 20.1 Å². The zero-order valence-corrected chi connectivity index (χ0v) is 38.7. The molecule has 13 atom stereocenters. The van der Waals surface area contributed by atoms with Gasteiger partial charge in [-0.05, 0) is 130 Å². The van der Waals surface area contributed by atoms with Gasteiger partial charge in [0, 0.05) is 36.7 Å². The lowest BCUT2D eigenvalue weighted by Crippen LogP contribution is -2.80. The van der Waals surface area contributed by atoms with E-state index in [-0.39, 0.29) is 49.1 Å². The number of benzene rings is 2. The van der Waals surface area contributed by atoms with Crippen LogP contribution in [0.2, 0.25) is 0 Å². The average molecular weight is 869 g/mol. The molecule has 342 valence electrons. The van der Waals surface area contributed by atoms with Crippen molar-refractivity contribution in [3.8, 4) is 23.7 Å². The van der Waals surface area contributed by atoms with E-state index in [1.165, 1.54) is 23.6 Å². The van der Waals surface area contributed by atoms with Crippen molar-refractivity contribution in [2.75, 3.05) is 6.61 Å². The maximum absolute atomic E-state index is 15.7. The van der Waals surface area contributed by atoms with E-state index >= 15 is 4.79 Å². The predicted molar refractivity (Wildman–Crippen MR) is 248 cm³/mol. The first-order chi connectivity index (χ1) is 30.8. The number of carbonyl (C=O) groups is 2. The number of ether oxygens (including phenoxy) is 2. The first-order valence-electron chi connectivity index (χ1n) is 25.1. The van der Waals surface area contributed by atoms with E-state index in [4.69, 9.17) is 9.47 Å². The zero-order valence-electron chi connectivity index (χ0n) is 38.7. The third-order valence-electron chi connectivity index (χ3n) is 18.4. The van der Waals surface area contributed by atoms with Gasteiger partial charge in [-0.3, -0.25) is 4.79 Å². The van der Waals surface area contributed by atoms with Crippen molar-refractivity contribution in [1.29, 1.82) is 0 Å². The zero-order chi connectivity index (χ0) is 44.7. The molecule has 0 saturated heterocycles. The van der Waals surface area contributed by atoms with Crippen molar-refractivity contribution in [2.45, 2.75) is 167 Å². The number of aliphatic hydroxyl groups excluding tert-OH is 2. The highest BCUT2D eigenvalue weighted by Gasteiger charge is 2.78. The monoisotopic (exact) mass is 869 g/mol. The van der Waals surface area contributed by atoms with Crippen LogP contribution in [0.15, 0.2) is 72.3 Å². The van der Waals surface area contributed by atoms with Gasteiger partial charge in [0.05, 0.1) is 34.1 Å². The minimum absolute atomic E-state index is 0.154. The van der Waals surface area contributed by atoms with Crippen molar-refractivity contribution >= 4 is 11.9 Å². The van der Waals surface area contributed by atoms with E-state index in [1.54, 1.807) is 0 Å². The summed E-state index contributed by atoms with van der Waals surface area (Å²) in [6.45, 7) is 6.75. The van der Waals surface area contributed by atoms with Crippen molar-refractivity contribution in [3.63, 3.8) is 0 Å². The molecule has 9 rings (SSSR count). The van der Waals surface area contributed by atoms with Crippen LogP contribution in [-0.4, -0.2) is 57.8 Å². The smallest absolute Gasteiger partial charge is 0.331 e. The highest BCUT2D eigenvalue weighted by Crippen LogP contribution is 2.72. The predicted octanol–water partition coefficient (Wildman–Crippen LogP) is 9.74. The summed E-state index contributed by atoms with van der Waals surface area (Å²) in [6.07, 6.45) is 12.6. The van der Waals surface area contributed by atoms with E-state index < -0.39 is 63.4 Å². The molecule has 0 radical (unpaired) electrons. The normalized spacial score (nSPS) is 39.8. The Morgan fingerprint density at radius 3 is 2.31 bits per heavy atom. The van der Waals surface area contributed by atoms with Crippen LogP contribution in [0.4, 0.5) is 0 Å². The number of cyclic esters (lactones) is 1. The van der Waals surface area contributed by atoms with Gasteiger partial charge in [0.2, 0.25) is 0 Å². The molecule has 0 aromatic heterocycles. The molecule has 3 aliphatic heterocycles. The summed E-state index contributed by atoms with van der Waals surface area (Å²) in [5.41, 5.74) is -2.66. The summed E-state index contributed by atoms with van der Waals surface area (Å²) in [5, 5.41) is 41.7. The molecule has 4 aliphatic carbocycles. The lowest BCUT2D eigenvalue weighted by Gasteiger charge is -2.72. The van der Waals surface area contributed by atoms with Gasteiger partial charge in [0.15, 0.2) is 0 Å². The maximum Gasteiger partial charge on any atom is 0.331 e. The third-order valence-corrected chi connectivity index (χ3v) is 18.4. The summed E-state index contributed by atoms with van der Waals surface area (Å²) in [4.78, 5) is 28.1. The molecule has 7 aliphatic rings. The van der Waals surface area contributed by atoms with E-state index in [1.807, 2.05) is 19.1 Å². The molecule has 64 heavy (non-hydrogen) atoms. The molecule has 7 heteroatoms. The summed E-state index contributed by atoms with van der Waals surface area (Å²) >= 11 is 0. The van der Waals surface area contributed by atoms with Crippen LogP contribution in [-0.2, 0) is 31.9 Å². The Kier molecular flexibility index (Phi) is 12.8. The molecule has 2 aromatic rings. The van der Waals surface area contributed by atoms with Crippen LogP contribution in [0.25, 0.3) is 0 Å². The Hall–Kier alpha value is -3.88. The molecule has 0 amide bonds. The largest absolute Gasteiger partial charge is 0.461 e. The lowest BCUT2D eigenvalue weighted by atomic mass is 9.34. The second-order valence-electron chi connectivity index (χ2n) is 22.1. The van der Waals surface area contributed by atoms with Gasteiger partial charge in [0.1, 0.15) is 12.7 Å². The Bertz CT molecular complexity index is 2170. The quantitative estimate of drug-likeness (QED) is 0.144. The molecule has 1 spiro atoms. The molecule has 13 unspecified atom stereocenters. The van der Waals surface area contributed by atoms with Crippen LogP contribution in [0.5, 0.6) is 0 Å². The molecule has 4 saturated carbocycles. The minimum Gasteiger partial charge on any atom is -0.461 e. The van der Waals surface area contributed by atoms with Crippen LogP contribution in [0.3, 0.4) is 0 Å². The van der Waals surface area contributed by atoms with E-state index in [0.717, 1.165) is 69.8 Å². The van der Waals surface area contributed by atoms with Gasteiger partial charge in [-0.15, -0.1) is 5.92 Å². The minimum atomic E-state index is -1.77. The molecule has 7 nitrogen and oxygen atoms in total. The number of hydrogen-bond donors (Lipinski definition) is 3. The Balaban J connectivity index is 1.22. The molecular weight excluding hydrogens is 797 g/mol. The Morgan fingerprint density at radius 1 is 0.859 bits per heavy atom. The van der Waals surface area contributed by atoms with Crippen LogP contribution >= 0.6 is 0 Å². The maximum atomic E-state index is 15.7. The SMILES string of the molecule is CC(CCCc1ccccc1)CC1C#CC2CCC(Cc3ccccc3)CC23CC#CC2(C)CC(OC3=O)C3C(C)(C4CCCCC4)CCC(O)C3(C1O)C2(O)CCC1=CC(=O)OC1. The van der Waals surface area contributed by atoms with Gasteiger partial charge >= 0.3 is 11.9 Å². The fourth-order valence-corrected chi connectivity index (χ4v) is 15.1. The second kappa shape index (κ2) is 18.1. The van der Waals surface area contributed by atoms with Crippen LogP contribution < -0.4 is 0 Å². The first-order valence-corrected chi connectivity index (χ1v) is 25.1. The van der Waals surface area contributed by atoms with Gasteiger partial charge in [-0.2, -0.15) is 0 Å². The number of carbonyl (C=O) groups excluding carboxylic acids is 2. The van der Waals surface area contributed by atoms with Gasteiger partial charge in [-0.1, -0.05) is 118 Å². The van der Waals surface area contributed by atoms with Crippen molar-refractivity contribution in [3.05, 3.63) is 83.4 Å². The molecule has 3 N–H and O–H groups in total. The number of rotatable bonds is 12. The van der Waals surface area contributed by atoms with E-state index in [2.05, 4.69) is 86.1 Å². The van der Waals surface area contributed by atoms with Crippen LogP contribution in [0, 0.1) is 80.8 Å². The lowest BCUT2D eigenvalue weighted by molar-refractivity contribution is -0.342. The highest BCUT2D eigenvalue weighted by atomic mass is 16.5. The fraction of sp³-hybridized carbons (Fsp3) is 0.649. The topological polar surface area (TPSA) is 113 Å². The molecule has 2 aromatic carbocycles. The number of aliphatic hydroxyl groups is 3. The molecule has 4 fully saturated rings. The van der Waals surface area contributed by atoms with Gasteiger partial charge in [-0.25, -0.2) is 4.79 Å². The first kappa shape index (κ1) is 45.3. The second-order valence-corrected chi connectivity index (χ2v) is 22.1. The van der Waals surface area contributed by atoms with Crippen molar-refractivity contribution < 1.29 is 34.4 Å². The highest BCUT2D eigenvalue weighted by molar-refractivity contribution is 5.85. The molecular formula is C57H72O7. The average Bonchev–Trinajstić information content (AvgIpc) is 3.73. The van der Waals surface area contributed by atoms with Gasteiger partial charge < -0.3 is 24.8 Å². The van der Waals surface area contributed by atoms with Crippen molar-refractivity contribution in [2.24, 2.45) is 57.2 Å². The van der Waals surface area contributed by atoms with E-state index in [0.29, 0.717) is 38.5 Å². The van der Waals surface area contributed by atoms with Crippen molar-refractivity contribution in [1.82, 2.24) is 0 Å². The number of esters is 2. The Labute approximate surface area is 382 Å². The number of aryl methyl sites for hydroxylation is 1. The summed E-state index contributed by atoms with van der Waals surface area (Å²) in [6, 6.07) is 21.1.